The molecule has 0 bridgehead atoms. The number of halogens is 1. The Labute approximate surface area is 137 Å². The van der Waals surface area contributed by atoms with Gasteiger partial charge >= 0.3 is 6.03 Å². The van der Waals surface area contributed by atoms with Crippen molar-refractivity contribution < 1.29 is 9.53 Å². The molecule has 0 radical (unpaired) electrons. The zero-order chi connectivity index (χ0) is 15.9. The van der Waals surface area contributed by atoms with Crippen molar-refractivity contribution in [3.05, 3.63) is 29.3 Å². The highest BCUT2D eigenvalue weighted by Gasteiger charge is 2.27. The van der Waals surface area contributed by atoms with Gasteiger partial charge in [0.15, 0.2) is 0 Å². The molecule has 1 aliphatic heterocycles. The van der Waals surface area contributed by atoms with Crippen molar-refractivity contribution in [3.8, 4) is 5.75 Å². The summed E-state index contributed by atoms with van der Waals surface area (Å²) in [7, 11) is 4.06. The number of hydrogen-bond donors (Lipinski definition) is 1. The Kier molecular flexibility index (Phi) is 6.34. The van der Waals surface area contributed by atoms with Crippen molar-refractivity contribution in [2.24, 2.45) is 0 Å². The second-order valence-corrected chi connectivity index (χ2v) is 6.26. The van der Waals surface area contributed by atoms with Gasteiger partial charge in [-0.2, -0.15) is 0 Å². The average molecular weight is 326 g/mol. The first-order valence-electron chi connectivity index (χ1n) is 7.64. The quantitative estimate of drug-likeness (QED) is 0.817. The van der Waals surface area contributed by atoms with Gasteiger partial charge in [-0.15, -0.1) is 0 Å². The number of carbonyl (C=O) groups excluding carboxylic acids is 1. The van der Waals surface area contributed by atoms with Crippen LogP contribution in [-0.2, 0) is 0 Å². The van der Waals surface area contributed by atoms with Gasteiger partial charge in [-0.1, -0.05) is 17.7 Å². The number of hydrogen-bond acceptors (Lipinski definition) is 3. The third-order valence-electron chi connectivity index (χ3n) is 3.59. The first-order valence-corrected chi connectivity index (χ1v) is 8.02. The maximum absolute atomic E-state index is 12.1. The molecular formula is C16H24ClN3O2. The SMILES string of the molecule is CN(C)CCCNC(=O)N1CCC(Oc2cccc(Cl)c2)C1. The molecule has 0 spiro atoms. The van der Waals surface area contributed by atoms with Gasteiger partial charge in [0.05, 0.1) is 6.54 Å². The molecule has 0 aliphatic carbocycles. The number of ether oxygens (including phenoxy) is 1. The van der Waals surface area contributed by atoms with E-state index < -0.39 is 0 Å². The summed E-state index contributed by atoms with van der Waals surface area (Å²) >= 11 is 5.94. The summed E-state index contributed by atoms with van der Waals surface area (Å²) in [5.41, 5.74) is 0. The van der Waals surface area contributed by atoms with Gasteiger partial charge in [0, 0.05) is 24.5 Å². The minimum Gasteiger partial charge on any atom is -0.488 e. The van der Waals surface area contributed by atoms with E-state index in [1.165, 1.54) is 0 Å². The van der Waals surface area contributed by atoms with Crippen LogP contribution in [-0.4, -0.2) is 62.2 Å². The topological polar surface area (TPSA) is 44.8 Å². The van der Waals surface area contributed by atoms with Gasteiger partial charge in [-0.05, 0) is 45.3 Å². The third-order valence-corrected chi connectivity index (χ3v) is 3.82. The van der Waals surface area contributed by atoms with Crippen LogP contribution in [0.4, 0.5) is 4.79 Å². The van der Waals surface area contributed by atoms with Crippen LogP contribution in [0.2, 0.25) is 5.02 Å². The van der Waals surface area contributed by atoms with Crippen molar-refractivity contribution in [2.75, 3.05) is 40.3 Å². The maximum atomic E-state index is 12.1. The molecule has 1 heterocycles. The number of nitrogens with zero attached hydrogens (tertiary/aromatic N) is 2. The monoisotopic (exact) mass is 325 g/mol. The molecule has 1 aliphatic rings. The van der Waals surface area contributed by atoms with Gasteiger partial charge in [0.25, 0.3) is 0 Å². The van der Waals surface area contributed by atoms with Crippen LogP contribution in [0.3, 0.4) is 0 Å². The zero-order valence-corrected chi connectivity index (χ0v) is 14.0. The van der Waals surface area contributed by atoms with Crippen LogP contribution in [0.15, 0.2) is 24.3 Å². The number of rotatable bonds is 6. The maximum Gasteiger partial charge on any atom is 0.317 e. The predicted molar refractivity (Wildman–Crippen MR) is 88.6 cm³/mol. The van der Waals surface area contributed by atoms with Gasteiger partial charge in [-0.3, -0.25) is 0 Å². The van der Waals surface area contributed by atoms with E-state index in [1.807, 2.05) is 37.2 Å². The summed E-state index contributed by atoms with van der Waals surface area (Å²) in [6.07, 6.45) is 1.83. The normalized spacial score (nSPS) is 17.8. The fourth-order valence-electron chi connectivity index (χ4n) is 2.44. The van der Waals surface area contributed by atoms with Crippen LogP contribution < -0.4 is 10.1 Å². The number of likely N-dealkylation sites (tertiary alicyclic amines) is 1. The molecular weight excluding hydrogens is 302 g/mol. The molecule has 1 saturated heterocycles. The van der Waals surface area contributed by atoms with Gasteiger partial charge in [0.1, 0.15) is 11.9 Å². The van der Waals surface area contributed by atoms with Crippen LogP contribution in [0.25, 0.3) is 0 Å². The van der Waals surface area contributed by atoms with Crippen LogP contribution in [0, 0.1) is 0 Å². The van der Waals surface area contributed by atoms with Crippen LogP contribution in [0.5, 0.6) is 5.75 Å². The molecule has 122 valence electrons. The van der Waals surface area contributed by atoms with Crippen LogP contribution >= 0.6 is 11.6 Å². The summed E-state index contributed by atoms with van der Waals surface area (Å²) < 4.78 is 5.88. The molecule has 22 heavy (non-hydrogen) atoms. The first kappa shape index (κ1) is 16.9. The summed E-state index contributed by atoms with van der Waals surface area (Å²) in [5, 5.41) is 3.62. The Hall–Kier alpha value is -1.46. The Bertz CT molecular complexity index is 496. The summed E-state index contributed by atoms with van der Waals surface area (Å²) in [4.78, 5) is 16.0. The lowest BCUT2D eigenvalue weighted by Gasteiger charge is -2.18. The van der Waals surface area contributed by atoms with E-state index in [2.05, 4.69) is 10.2 Å². The van der Waals surface area contributed by atoms with Crippen molar-refractivity contribution in [1.29, 1.82) is 0 Å². The van der Waals surface area contributed by atoms with Gasteiger partial charge in [-0.25, -0.2) is 4.79 Å². The number of amides is 2. The Balaban J connectivity index is 1.71. The lowest BCUT2D eigenvalue weighted by molar-refractivity contribution is 0.186. The molecule has 1 aromatic rings. The van der Waals surface area contributed by atoms with Crippen molar-refractivity contribution in [1.82, 2.24) is 15.1 Å². The third kappa shape index (κ3) is 5.39. The molecule has 0 saturated carbocycles. The highest BCUT2D eigenvalue weighted by Crippen LogP contribution is 2.21. The average Bonchev–Trinajstić information content (AvgIpc) is 2.92. The molecule has 1 unspecified atom stereocenters. The fourth-order valence-corrected chi connectivity index (χ4v) is 2.62. The minimum absolute atomic E-state index is 0.00375. The molecule has 1 atom stereocenters. The lowest BCUT2D eigenvalue weighted by atomic mass is 10.3. The van der Waals surface area contributed by atoms with E-state index in [4.69, 9.17) is 16.3 Å². The van der Waals surface area contributed by atoms with E-state index in [0.29, 0.717) is 18.1 Å². The Morgan fingerprint density at radius 2 is 2.32 bits per heavy atom. The Morgan fingerprint density at radius 3 is 3.05 bits per heavy atom. The van der Waals surface area contributed by atoms with Gasteiger partial charge < -0.3 is 19.9 Å². The highest BCUT2D eigenvalue weighted by molar-refractivity contribution is 6.30. The fraction of sp³-hybridized carbons (Fsp3) is 0.562. The number of carbonyl (C=O) groups is 1. The molecule has 2 rings (SSSR count). The smallest absolute Gasteiger partial charge is 0.317 e. The second kappa shape index (κ2) is 8.25. The molecule has 2 amide bonds. The van der Waals surface area contributed by atoms with Crippen LogP contribution in [0.1, 0.15) is 12.8 Å². The van der Waals surface area contributed by atoms with Crippen molar-refractivity contribution >= 4 is 17.6 Å². The molecule has 5 nitrogen and oxygen atoms in total. The molecule has 0 aromatic heterocycles. The molecule has 1 N–H and O–H groups in total. The van der Waals surface area contributed by atoms with E-state index >= 15 is 0 Å². The largest absolute Gasteiger partial charge is 0.488 e. The van der Waals surface area contributed by atoms with E-state index in [9.17, 15) is 4.79 Å². The lowest BCUT2D eigenvalue weighted by Crippen LogP contribution is -2.40. The molecule has 1 aromatic carbocycles. The Morgan fingerprint density at radius 1 is 1.50 bits per heavy atom. The standard InChI is InChI=1S/C16H24ClN3O2/c1-19(2)9-4-8-18-16(21)20-10-7-15(12-20)22-14-6-3-5-13(17)11-14/h3,5-6,11,15H,4,7-10,12H2,1-2H3,(H,18,21). The van der Waals surface area contributed by atoms with E-state index in [1.54, 1.807) is 6.07 Å². The first-order chi connectivity index (χ1) is 10.5. The predicted octanol–water partition coefficient (Wildman–Crippen LogP) is 2.45. The van der Waals surface area contributed by atoms with Crippen molar-refractivity contribution in [2.45, 2.75) is 18.9 Å². The highest BCUT2D eigenvalue weighted by atomic mass is 35.5. The van der Waals surface area contributed by atoms with Gasteiger partial charge in [0.2, 0.25) is 0 Å². The van der Waals surface area contributed by atoms with Crippen molar-refractivity contribution in [3.63, 3.8) is 0 Å². The second-order valence-electron chi connectivity index (χ2n) is 5.82. The number of benzene rings is 1. The number of urea groups is 1. The molecule has 1 fully saturated rings. The zero-order valence-electron chi connectivity index (χ0n) is 13.2. The molecule has 6 heteroatoms. The van der Waals surface area contributed by atoms with E-state index in [-0.39, 0.29) is 12.1 Å². The number of nitrogens with one attached hydrogen (secondary N) is 1. The van der Waals surface area contributed by atoms with E-state index in [0.717, 1.165) is 31.7 Å². The summed E-state index contributed by atoms with van der Waals surface area (Å²) in [6.45, 7) is 3.02. The minimum atomic E-state index is -0.00375. The summed E-state index contributed by atoms with van der Waals surface area (Å²) in [6, 6.07) is 7.36. The summed E-state index contributed by atoms with van der Waals surface area (Å²) in [5.74, 6) is 0.755.